The number of anilines is 1. The Labute approximate surface area is 135 Å². The van der Waals surface area contributed by atoms with E-state index >= 15 is 0 Å². The van der Waals surface area contributed by atoms with Crippen LogP contribution in [0, 0.1) is 0 Å². The molecule has 112 valence electrons. The standard InChI is InChI=1S/C12H16Br2N2O3S/c1-7-5-16(6-8(2)19-7)20(17,18)12-10(14)3-9(13)4-11(12)15/h3-4,7-8H,5-6,15H2,1-2H3/t7-,8+. The Kier molecular flexibility index (Phi) is 4.80. The van der Waals surface area contributed by atoms with E-state index < -0.39 is 10.0 Å². The minimum atomic E-state index is -3.65. The second-order valence-electron chi connectivity index (χ2n) is 4.89. The van der Waals surface area contributed by atoms with Crippen LogP contribution >= 0.6 is 31.9 Å². The van der Waals surface area contributed by atoms with Gasteiger partial charge in [0.05, 0.1) is 17.9 Å². The molecule has 0 spiro atoms. The Morgan fingerprint density at radius 1 is 1.25 bits per heavy atom. The third-order valence-corrected chi connectivity index (χ3v) is 6.32. The summed E-state index contributed by atoms with van der Waals surface area (Å²) in [6.07, 6.45) is -0.270. The molecule has 1 fully saturated rings. The van der Waals surface area contributed by atoms with Gasteiger partial charge in [0.2, 0.25) is 10.0 Å². The van der Waals surface area contributed by atoms with Crippen molar-refractivity contribution >= 4 is 47.6 Å². The maximum Gasteiger partial charge on any atom is 0.246 e. The Morgan fingerprint density at radius 3 is 2.30 bits per heavy atom. The molecule has 0 bridgehead atoms. The van der Waals surface area contributed by atoms with E-state index in [1.165, 1.54) is 4.31 Å². The fraction of sp³-hybridized carbons (Fsp3) is 0.500. The number of ether oxygens (including phenoxy) is 1. The molecule has 0 aliphatic carbocycles. The number of nitrogen functional groups attached to an aromatic ring is 1. The fourth-order valence-corrected chi connectivity index (χ4v) is 5.91. The van der Waals surface area contributed by atoms with Gasteiger partial charge in [0.1, 0.15) is 4.90 Å². The maximum atomic E-state index is 12.8. The predicted octanol–water partition coefficient (Wildman–Crippen LogP) is 2.59. The molecule has 0 saturated carbocycles. The van der Waals surface area contributed by atoms with E-state index in [0.29, 0.717) is 17.6 Å². The van der Waals surface area contributed by atoms with Gasteiger partial charge in [0.15, 0.2) is 0 Å². The average Bonchev–Trinajstić information content (AvgIpc) is 2.25. The lowest BCUT2D eigenvalue weighted by Gasteiger charge is -2.34. The van der Waals surface area contributed by atoms with Crippen molar-refractivity contribution in [1.82, 2.24) is 4.31 Å². The SMILES string of the molecule is C[C@@H]1CN(S(=O)(=O)c2c(N)cc(Br)cc2Br)C[C@H](C)O1. The molecule has 1 aromatic carbocycles. The number of hydrogen-bond acceptors (Lipinski definition) is 4. The number of sulfonamides is 1. The summed E-state index contributed by atoms with van der Waals surface area (Å²) in [5.74, 6) is 0. The number of hydrogen-bond donors (Lipinski definition) is 1. The molecule has 1 aliphatic heterocycles. The number of halogens is 2. The molecule has 0 radical (unpaired) electrons. The fourth-order valence-electron chi connectivity index (χ4n) is 2.31. The summed E-state index contributed by atoms with van der Waals surface area (Å²) >= 11 is 6.57. The molecule has 0 amide bonds. The maximum absolute atomic E-state index is 12.8. The van der Waals surface area contributed by atoms with Gasteiger partial charge in [-0.2, -0.15) is 4.31 Å². The number of nitrogens with two attached hydrogens (primary N) is 1. The summed E-state index contributed by atoms with van der Waals surface area (Å²) < 4.78 is 33.7. The third kappa shape index (κ3) is 3.19. The van der Waals surface area contributed by atoms with Crippen LogP contribution in [0.15, 0.2) is 26.0 Å². The first-order valence-corrected chi connectivity index (χ1v) is 9.14. The summed E-state index contributed by atoms with van der Waals surface area (Å²) in [6.45, 7) is 4.37. The quantitative estimate of drug-likeness (QED) is 0.736. The van der Waals surface area contributed by atoms with E-state index in [0.717, 1.165) is 4.47 Å². The van der Waals surface area contributed by atoms with Crippen molar-refractivity contribution in [3.63, 3.8) is 0 Å². The number of morpholine rings is 1. The van der Waals surface area contributed by atoms with E-state index in [9.17, 15) is 8.42 Å². The van der Waals surface area contributed by atoms with E-state index in [2.05, 4.69) is 31.9 Å². The summed E-state index contributed by atoms with van der Waals surface area (Å²) in [5.41, 5.74) is 6.11. The molecule has 2 rings (SSSR count). The van der Waals surface area contributed by atoms with Crippen LogP contribution in [0.5, 0.6) is 0 Å². The van der Waals surface area contributed by atoms with Crippen LogP contribution in [-0.4, -0.2) is 38.0 Å². The summed E-state index contributed by atoms with van der Waals surface area (Å²) in [6, 6.07) is 3.27. The molecule has 20 heavy (non-hydrogen) atoms. The number of rotatable bonds is 2. The highest BCUT2D eigenvalue weighted by Crippen LogP contribution is 2.34. The first-order valence-electron chi connectivity index (χ1n) is 6.12. The highest BCUT2D eigenvalue weighted by atomic mass is 79.9. The van der Waals surface area contributed by atoms with Crippen LogP contribution in [0.2, 0.25) is 0 Å². The molecule has 5 nitrogen and oxygen atoms in total. The molecular weight excluding hydrogens is 412 g/mol. The topological polar surface area (TPSA) is 72.6 Å². The Balaban J connectivity index is 2.45. The predicted molar refractivity (Wildman–Crippen MR) is 85.0 cm³/mol. The van der Waals surface area contributed by atoms with Gasteiger partial charge in [-0.1, -0.05) is 15.9 Å². The molecule has 0 aromatic heterocycles. The normalized spacial score (nSPS) is 24.8. The minimum Gasteiger partial charge on any atom is -0.398 e. The molecule has 2 N–H and O–H groups in total. The second kappa shape index (κ2) is 5.92. The van der Waals surface area contributed by atoms with Gasteiger partial charge >= 0.3 is 0 Å². The van der Waals surface area contributed by atoms with Gasteiger partial charge in [0.25, 0.3) is 0 Å². The third-order valence-electron chi connectivity index (χ3n) is 3.02. The molecule has 8 heteroatoms. The number of nitrogens with zero attached hydrogens (tertiary/aromatic N) is 1. The molecule has 2 atom stereocenters. The Bertz CT molecular complexity index is 588. The molecule has 0 unspecified atom stereocenters. The van der Waals surface area contributed by atoms with Crippen LogP contribution in [-0.2, 0) is 14.8 Å². The van der Waals surface area contributed by atoms with Crippen molar-refractivity contribution in [1.29, 1.82) is 0 Å². The molecule has 1 aromatic rings. The van der Waals surface area contributed by atoms with Gasteiger partial charge in [-0.3, -0.25) is 0 Å². The Hall–Kier alpha value is -0.150. The summed E-state index contributed by atoms with van der Waals surface area (Å²) in [4.78, 5) is 0.113. The van der Waals surface area contributed by atoms with Crippen molar-refractivity contribution in [3.05, 3.63) is 21.1 Å². The van der Waals surface area contributed by atoms with Crippen molar-refractivity contribution in [2.75, 3.05) is 18.8 Å². The highest BCUT2D eigenvalue weighted by Gasteiger charge is 2.34. The van der Waals surface area contributed by atoms with E-state index in [4.69, 9.17) is 10.5 Å². The van der Waals surface area contributed by atoms with E-state index in [1.807, 2.05) is 13.8 Å². The van der Waals surface area contributed by atoms with Gasteiger partial charge in [0, 0.05) is 22.0 Å². The van der Waals surface area contributed by atoms with Crippen LogP contribution in [0.25, 0.3) is 0 Å². The molecule has 1 aliphatic rings. The molecular formula is C12H16Br2N2O3S. The zero-order valence-corrected chi connectivity index (χ0v) is 15.1. The van der Waals surface area contributed by atoms with Gasteiger partial charge < -0.3 is 10.5 Å². The van der Waals surface area contributed by atoms with Gasteiger partial charge in [-0.25, -0.2) is 8.42 Å². The van der Waals surface area contributed by atoms with Crippen molar-refractivity contribution < 1.29 is 13.2 Å². The monoisotopic (exact) mass is 426 g/mol. The van der Waals surface area contributed by atoms with E-state index in [-0.39, 0.29) is 22.8 Å². The highest BCUT2D eigenvalue weighted by molar-refractivity contribution is 9.11. The van der Waals surface area contributed by atoms with Crippen LogP contribution in [0.3, 0.4) is 0 Å². The van der Waals surface area contributed by atoms with Crippen molar-refractivity contribution in [3.8, 4) is 0 Å². The van der Waals surface area contributed by atoms with Crippen LogP contribution < -0.4 is 5.73 Å². The minimum absolute atomic E-state index is 0.113. The van der Waals surface area contributed by atoms with E-state index in [1.54, 1.807) is 12.1 Å². The first kappa shape index (κ1) is 16.2. The lowest BCUT2D eigenvalue weighted by molar-refractivity contribution is -0.0440. The van der Waals surface area contributed by atoms with Crippen LogP contribution in [0.4, 0.5) is 5.69 Å². The lowest BCUT2D eigenvalue weighted by Crippen LogP contribution is -2.48. The molecule has 1 heterocycles. The lowest BCUT2D eigenvalue weighted by atomic mass is 10.3. The average molecular weight is 428 g/mol. The van der Waals surface area contributed by atoms with Crippen molar-refractivity contribution in [2.24, 2.45) is 0 Å². The van der Waals surface area contributed by atoms with Crippen molar-refractivity contribution in [2.45, 2.75) is 31.0 Å². The Morgan fingerprint density at radius 2 is 1.80 bits per heavy atom. The zero-order valence-electron chi connectivity index (χ0n) is 11.1. The number of benzene rings is 1. The van der Waals surface area contributed by atoms with Gasteiger partial charge in [-0.15, -0.1) is 0 Å². The first-order chi connectivity index (χ1) is 9.21. The second-order valence-corrected chi connectivity index (χ2v) is 8.53. The smallest absolute Gasteiger partial charge is 0.246 e. The summed E-state index contributed by atoms with van der Waals surface area (Å²) in [7, 11) is -3.65. The molecule has 1 saturated heterocycles. The summed E-state index contributed by atoms with van der Waals surface area (Å²) in [5, 5.41) is 0. The van der Waals surface area contributed by atoms with Gasteiger partial charge in [-0.05, 0) is 41.9 Å². The zero-order chi connectivity index (χ0) is 15.1. The largest absolute Gasteiger partial charge is 0.398 e. The van der Waals surface area contributed by atoms with Crippen LogP contribution in [0.1, 0.15) is 13.8 Å².